The molecule has 1 N–H and O–H groups in total. The zero-order valence-corrected chi connectivity index (χ0v) is 16.7. The van der Waals surface area contributed by atoms with Crippen LogP contribution in [0.3, 0.4) is 0 Å². The van der Waals surface area contributed by atoms with Crippen LogP contribution in [0.4, 0.5) is 5.69 Å². The van der Waals surface area contributed by atoms with Crippen molar-refractivity contribution in [2.75, 3.05) is 18.4 Å². The summed E-state index contributed by atoms with van der Waals surface area (Å²) in [6, 6.07) is 14.1. The van der Waals surface area contributed by atoms with E-state index in [1.165, 1.54) is 10.9 Å². The van der Waals surface area contributed by atoms with Crippen molar-refractivity contribution in [1.82, 2.24) is 14.5 Å². The van der Waals surface area contributed by atoms with Crippen LogP contribution in [-0.2, 0) is 11.3 Å². The number of hydrogen-bond donors (Lipinski definition) is 1. The summed E-state index contributed by atoms with van der Waals surface area (Å²) in [6.45, 7) is 1.30. The van der Waals surface area contributed by atoms with Crippen LogP contribution in [0.15, 0.2) is 64.1 Å². The highest BCUT2D eigenvalue weighted by Crippen LogP contribution is 2.24. The maximum atomic E-state index is 12.8. The highest BCUT2D eigenvalue weighted by atomic mass is 16.3. The summed E-state index contributed by atoms with van der Waals surface area (Å²) in [5.74, 6) is -0.436. The molecule has 0 unspecified atom stereocenters. The fraction of sp³-hybridized carbons (Fsp3) is 0.217. The maximum absolute atomic E-state index is 12.8. The first kappa shape index (κ1) is 19.0. The van der Waals surface area contributed by atoms with Gasteiger partial charge in [0.25, 0.3) is 11.5 Å². The number of likely N-dealkylation sites (tertiary alicyclic amines) is 1. The van der Waals surface area contributed by atoms with Gasteiger partial charge < -0.3 is 14.6 Å². The molecule has 8 nitrogen and oxygen atoms in total. The predicted molar refractivity (Wildman–Crippen MR) is 116 cm³/mol. The molecule has 1 saturated heterocycles. The Kier molecular flexibility index (Phi) is 4.74. The molecule has 1 aliphatic heterocycles. The molecule has 3 heterocycles. The highest BCUT2D eigenvalue weighted by Gasteiger charge is 2.20. The fourth-order valence-corrected chi connectivity index (χ4v) is 3.92. The number of anilines is 1. The van der Waals surface area contributed by atoms with Gasteiger partial charge in [0, 0.05) is 29.7 Å². The SMILES string of the molecule is O=C(Cn1cnc2c(oc3ccccc32)c1=O)Nc1cccc(C(=O)N2CCCC2)c1. The van der Waals surface area contributed by atoms with Gasteiger partial charge in [-0.15, -0.1) is 0 Å². The zero-order chi connectivity index (χ0) is 21.4. The zero-order valence-electron chi connectivity index (χ0n) is 16.7. The molecule has 8 heteroatoms. The minimum atomic E-state index is -0.422. The molecule has 1 aliphatic rings. The van der Waals surface area contributed by atoms with Gasteiger partial charge in [0.2, 0.25) is 11.5 Å². The maximum Gasteiger partial charge on any atom is 0.297 e. The number of fused-ring (bicyclic) bond motifs is 3. The quantitative estimate of drug-likeness (QED) is 0.552. The Morgan fingerprint density at radius 1 is 1.06 bits per heavy atom. The van der Waals surface area contributed by atoms with Crippen molar-refractivity contribution in [2.45, 2.75) is 19.4 Å². The molecule has 4 aromatic rings. The van der Waals surface area contributed by atoms with Crippen LogP contribution in [0, 0.1) is 0 Å². The Bertz CT molecular complexity index is 1370. The molecule has 2 amide bonds. The fourth-order valence-electron chi connectivity index (χ4n) is 3.92. The Hall–Kier alpha value is -3.94. The van der Waals surface area contributed by atoms with E-state index in [1.807, 2.05) is 23.1 Å². The average Bonchev–Trinajstić information content (AvgIpc) is 3.44. The number of aromatic nitrogens is 2. The lowest BCUT2D eigenvalue weighted by Gasteiger charge is -2.15. The van der Waals surface area contributed by atoms with Crippen LogP contribution in [0.5, 0.6) is 0 Å². The number of carbonyl (C=O) groups excluding carboxylic acids is 2. The van der Waals surface area contributed by atoms with Crippen molar-refractivity contribution in [3.05, 3.63) is 70.8 Å². The second-order valence-electron chi connectivity index (χ2n) is 7.58. The van der Waals surface area contributed by atoms with Crippen molar-refractivity contribution in [3.8, 4) is 0 Å². The summed E-state index contributed by atoms with van der Waals surface area (Å²) in [4.78, 5) is 44.0. The number of amides is 2. The van der Waals surface area contributed by atoms with Gasteiger partial charge in [0.05, 0.1) is 6.33 Å². The van der Waals surface area contributed by atoms with Crippen LogP contribution in [0.25, 0.3) is 22.1 Å². The molecule has 0 atom stereocenters. The van der Waals surface area contributed by atoms with Crippen LogP contribution in [-0.4, -0.2) is 39.4 Å². The van der Waals surface area contributed by atoms with E-state index in [-0.39, 0.29) is 18.0 Å². The van der Waals surface area contributed by atoms with Crippen molar-refractivity contribution in [1.29, 1.82) is 0 Å². The van der Waals surface area contributed by atoms with Crippen LogP contribution < -0.4 is 10.9 Å². The van der Waals surface area contributed by atoms with Gasteiger partial charge in [-0.05, 0) is 43.2 Å². The van der Waals surface area contributed by atoms with Gasteiger partial charge in [-0.3, -0.25) is 19.0 Å². The molecule has 2 aromatic heterocycles. The highest BCUT2D eigenvalue weighted by molar-refractivity contribution is 6.02. The van der Waals surface area contributed by atoms with Crippen molar-refractivity contribution in [2.24, 2.45) is 0 Å². The van der Waals surface area contributed by atoms with Gasteiger partial charge in [0.1, 0.15) is 17.6 Å². The minimum absolute atomic E-state index is 0.0376. The summed E-state index contributed by atoms with van der Waals surface area (Å²) >= 11 is 0. The second-order valence-corrected chi connectivity index (χ2v) is 7.58. The summed E-state index contributed by atoms with van der Waals surface area (Å²) < 4.78 is 6.85. The average molecular weight is 416 g/mol. The first-order valence-electron chi connectivity index (χ1n) is 10.2. The summed E-state index contributed by atoms with van der Waals surface area (Å²) in [7, 11) is 0. The molecule has 0 aliphatic carbocycles. The van der Waals surface area contributed by atoms with Crippen molar-refractivity contribution < 1.29 is 14.0 Å². The number of para-hydroxylation sites is 1. The lowest BCUT2D eigenvalue weighted by Crippen LogP contribution is -2.28. The van der Waals surface area contributed by atoms with Gasteiger partial charge in [-0.25, -0.2) is 4.98 Å². The molecule has 0 spiro atoms. The van der Waals surface area contributed by atoms with Gasteiger partial charge >= 0.3 is 0 Å². The first-order chi connectivity index (χ1) is 15.1. The van der Waals surface area contributed by atoms with E-state index in [2.05, 4.69) is 10.3 Å². The molecule has 0 saturated carbocycles. The normalized spacial score (nSPS) is 13.7. The van der Waals surface area contributed by atoms with Gasteiger partial charge in [-0.2, -0.15) is 0 Å². The topological polar surface area (TPSA) is 97.4 Å². The number of nitrogens with one attached hydrogen (secondary N) is 1. The smallest absolute Gasteiger partial charge is 0.297 e. The summed E-state index contributed by atoms with van der Waals surface area (Å²) in [5, 5.41) is 3.51. The molecule has 5 rings (SSSR count). The monoisotopic (exact) mass is 416 g/mol. The number of benzene rings is 2. The molecular weight excluding hydrogens is 396 g/mol. The first-order valence-corrected chi connectivity index (χ1v) is 10.2. The number of rotatable bonds is 4. The van der Waals surface area contributed by atoms with E-state index < -0.39 is 11.5 Å². The van der Waals surface area contributed by atoms with Crippen LogP contribution in [0.1, 0.15) is 23.2 Å². The lowest BCUT2D eigenvalue weighted by molar-refractivity contribution is -0.116. The molecule has 31 heavy (non-hydrogen) atoms. The number of furan rings is 1. The van der Waals surface area contributed by atoms with Crippen molar-refractivity contribution >= 4 is 39.6 Å². The largest absolute Gasteiger partial charge is 0.448 e. The predicted octanol–water partition coefficient (Wildman–Crippen LogP) is 3.02. The van der Waals surface area contributed by atoms with E-state index in [9.17, 15) is 14.4 Å². The summed E-state index contributed by atoms with van der Waals surface area (Å²) in [6.07, 6.45) is 3.38. The Morgan fingerprint density at radius 3 is 2.71 bits per heavy atom. The van der Waals surface area contributed by atoms with Crippen LogP contribution in [0.2, 0.25) is 0 Å². The molecule has 0 radical (unpaired) electrons. The molecule has 1 fully saturated rings. The Morgan fingerprint density at radius 2 is 1.87 bits per heavy atom. The minimum Gasteiger partial charge on any atom is -0.448 e. The van der Waals surface area contributed by atoms with E-state index >= 15 is 0 Å². The van der Waals surface area contributed by atoms with E-state index in [4.69, 9.17) is 4.42 Å². The molecule has 2 aromatic carbocycles. The third-order valence-electron chi connectivity index (χ3n) is 5.45. The summed E-state index contributed by atoms with van der Waals surface area (Å²) in [5.41, 5.74) is 1.78. The molecule has 156 valence electrons. The number of carbonyl (C=O) groups is 2. The van der Waals surface area contributed by atoms with E-state index in [0.29, 0.717) is 22.4 Å². The number of nitrogens with zero attached hydrogens (tertiary/aromatic N) is 3. The Labute approximate surface area is 177 Å². The third kappa shape index (κ3) is 3.56. The van der Waals surface area contributed by atoms with E-state index in [0.717, 1.165) is 31.3 Å². The number of hydrogen-bond acceptors (Lipinski definition) is 5. The third-order valence-corrected chi connectivity index (χ3v) is 5.45. The standard InChI is InChI=1S/C23H20N4O4/c28-19(25-16-7-5-6-15(12-16)22(29)26-10-3-4-11-26)13-27-14-24-20-17-8-1-2-9-18(17)31-21(20)23(27)30/h1-2,5-9,12,14H,3-4,10-11,13H2,(H,25,28). The van der Waals surface area contributed by atoms with Gasteiger partial charge in [-0.1, -0.05) is 18.2 Å². The van der Waals surface area contributed by atoms with Gasteiger partial charge in [0.15, 0.2) is 0 Å². The van der Waals surface area contributed by atoms with Crippen LogP contribution >= 0.6 is 0 Å². The lowest BCUT2D eigenvalue weighted by atomic mass is 10.1. The Balaban J connectivity index is 1.35. The molecular formula is C23H20N4O4. The second kappa shape index (κ2) is 7.71. The van der Waals surface area contributed by atoms with Crippen molar-refractivity contribution in [3.63, 3.8) is 0 Å². The van der Waals surface area contributed by atoms with E-state index in [1.54, 1.807) is 30.3 Å². The molecule has 0 bridgehead atoms.